The summed E-state index contributed by atoms with van der Waals surface area (Å²) >= 11 is 1.65. The first-order valence-electron chi connectivity index (χ1n) is 6.78. The van der Waals surface area contributed by atoms with Crippen LogP contribution in [0.1, 0.15) is 24.0 Å². The molecule has 0 aliphatic carbocycles. The summed E-state index contributed by atoms with van der Waals surface area (Å²) in [5.41, 5.74) is 5.70. The van der Waals surface area contributed by atoms with Gasteiger partial charge in [-0.15, -0.1) is 11.3 Å². The van der Waals surface area contributed by atoms with Gasteiger partial charge in [0.1, 0.15) is 5.76 Å². The predicted molar refractivity (Wildman–Crippen MR) is 80.1 cm³/mol. The molecule has 1 amide bonds. The Morgan fingerprint density at radius 2 is 2.25 bits per heavy atom. The summed E-state index contributed by atoms with van der Waals surface area (Å²) in [6, 6.07) is 7.76. The molecular formula is C15H20N2O2S. The van der Waals surface area contributed by atoms with Crippen molar-refractivity contribution in [2.24, 2.45) is 11.7 Å². The number of hydrogen-bond donors (Lipinski definition) is 1. The van der Waals surface area contributed by atoms with E-state index in [0.717, 1.165) is 17.1 Å². The maximum absolute atomic E-state index is 12.6. The summed E-state index contributed by atoms with van der Waals surface area (Å²) in [5.74, 6) is 0.770. The van der Waals surface area contributed by atoms with Crippen LogP contribution in [0.25, 0.3) is 0 Å². The Bertz CT molecular complexity index is 468. The van der Waals surface area contributed by atoms with Crippen LogP contribution in [0.3, 0.4) is 0 Å². The fourth-order valence-electron chi connectivity index (χ4n) is 2.09. The second-order valence-corrected chi connectivity index (χ2v) is 5.73. The van der Waals surface area contributed by atoms with Gasteiger partial charge in [0.15, 0.2) is 0 Å². The molecule has 108 valence electrons. The number of nitrogens with zero attached hydrogens (tertiary/aromatic N) is 1. The summed E-state index contributed by atoms with van der Waals surface area (Å²) in [7, 11) is 0. The maximum atomic E-state index is 12.6. The minimum Gasteiger partial charge on any atom is -0.467 e. The molecule has 2 aromatic rings. The Morgan fingerprint density at radius 3 is 2.80 bits per heavy atom. The molecule has 0 saturated heterocycles. The summed E-state index contributed by atoms with van der Waals surface area (Å²) in [6.07, 6.45) is 2.39. The van der Waals surface area contributed by atoms with Crippen molar-refractivity contribution < 1.29 is 9.21 Å². The third-order valence-corrected chi connectivity index (χ3v) is 4.15. The van der Waals surface area contributed by atoms with Crippen molar-refractivity contribution in [3.8, 4) is 0 Å². The first-order valence-corrected chi connectivity index (χ1v) is 7.66. The third-order valence-electron chi connectivity index (χ3n) is 3.29. The van der Waals surface area contributed by atoms with Crippen LogP contribution in [0.4, 0.5) is 0 Å². The predicted octanol–water partition coefficient (Wildman–Crippen LogP) is 2.85. The summed E-state index contributed by atoms with van der Waals surface area (Å²) in [6.45, 7) is 3.47. The van der Waals surface area contributed by atoms with E-state index in [2.05, 4.69) is 0 Å². The number of carbonyl (C=O) groups is 1. The van der Waals surface area contributed by atoms with Gasteiger partial charge in [-0.05, 0) is 30.0 Å². The largest absolute Gasteiger partial charge is 0.467 e. The highest BCUT2D eigenvalue weighted by Gasteiger charge is 2.23. The molecule has 0 fully saturated rings. The van der Waals surface area contributed by atoms with Crippen molar-refractivity contribution >= 4 is 17.2 Å². The van der Waals surface area contributed by atoms with Crippen LogP contribution in [-0.2, 0) is 17.9 Å². The van der Waals surface area contributed by atoms with E-state index in [-0.39, 0.29) is 11.8 Å². The lowest BCUT2D eigenvalue weighted by molar-refractivity contribution is -0.136. The Hall–Kier alpha value is -1.59. The lowest BCUT2D eigenvalue weighted by atomic mass is 10.1. The van der Waals surface area contributed by atoms with Gasteiger partial charge in [-0.2, -0.15) is 0 Å². The van der Waals surface area contributed by atoms with E-state index >= 15 is 0 Å². The summed E-state index contributed by atoms with van der Waals surface area (Å²) in [4.78, 5) is 15.6. The maximum Gasteiger partial charge on any atom is 0.227 e. The smallest absolute Gasteiger partial charge is 0.227 e. The molecular weight excluding hydrogens is 272 g/mol. The van der Waals surface area contributed by atoms with E-state index in [4.69, 9.17) is 10.2 Å². The van der Waals surface area contributed by atoms with Gasteiger partial charge in [-0.1, -0.05) is 13.0 Å². The first-order chi connectivity index (χ1) is 9.74. The molecule has 2 rings (SSSR count). The number of amides is 1. The standard InChI is InChI=1S/C15H20N2O2S/c1-2-12(9-16)15(18)17(10-13-5-3-7-19-13)11-14-6-4-8-20-14/h3-8,12H,2,9-11,16H2,1H3. The van der Waals surface area contributed by atoms with Crippen molar-refractivity contribution in [3.63, 3.8) is 0 Å². The Labute approximate surface area is 123 Å². The molecule has 1 unspecified atom stereocenters. The molecule has 5 heteroatoms. The fraction of sp³-hybridized carbons (Fsp3) is 0.400. The van der Waals surface area contributed by atoms with Crippen LogP contribution in [0.2, 0.25) is 0 Å². The summed E-state index contributed by atoms with van der Waals surface area (Å²) < 4.78 is 5.36. The van der Waals surface area contributed by atoms with Gasteiger partial charge in [0.05, 0.1) is 25.3 Å². The van der Waals surface area contributed by atoms with E-state index in [1.807, 2.05) is 41.5 Å². The third kappa shape index (κ3) is 3.71. The summed E-state index contributed by atoms with van der Waals surface area (Å²) in [5, 5.41) is 2.02. The zero-order valence-electron chi connectivity index (χ0n) is 11.6. The van der Waals surface area contributed by atoms with Gasteiger partial charge >= 0.3 is 0 Å². The molecule has 2 heterocycles. The van der Waals surface area contributed by atoms with Crippen molar-refractivity contribution in [1.82, 2.24) is 4.90 Å². The first kappa shape index (κ1) is 14.8. The number of nitrogens with two attached hydrogens (primary N) is 1. The molecule has 0 aliphatic heterocycles. The molecule has 0 radical (unpaired) electrons. The van der Waals surface area contributed by atoms with Crippen LogP contribution < -0.4 is 5.73 Å². The van der Waals surface area contributed by atoms with Crippen molar-refractivity contribution in [1.29, 1.82) is 0 Å². The molecule has 0 bridgehead atoms. The van der Waals surface area contributed by atoms with Gasteiger partial charge in [0.2, 0.25) is 5.91 Å². The molecule has 4 nitrogen and oxygen atoms in total. The molecule has 2 N–H and O–H groups in total. The van der Waals surface area contributed by atoms with Crippen molar-refractivity contribution in [3.05, 3.63) is 46.5 Å². The number of furan rings is 1. The van der Waals surface area contributed by atoms with Crippen molar-refractivity contribution in [2.45, 2.75) is 26.4 Å². The van der Waals surface area contributed by atoms with Crippen LogP contribution >= 0.6 is 11.3 Å². The van der Waals surface area contributed by atoms with Gasteiger partial charge in [-0.3, -0.25) is 4.79 Å². The van der Waals surface area contributed by atoms with Crippen LogP contribution in [0.15, 0.2) is 40.3 Å². The minimum absolute atomic E-state index is 0.0970. The van der Waals surface area contributed by atoms with Gasteiger partial charge in [0, 0.05) is 11.4 Å². The van der Waals surface area contributed by atoms with Gasteiger partial charge in [0.25, 0.3) is 0 Å². The normalized spacial score (nSPS) is 12.3. The second-order valence-electron chi connectivity index (χ2n) is 4.69. The highest BCUT2D eigenvalue weighted by atomic mass is 32.1. The lowest BCUT2D eigenvalue weighted by Crippen LogP contribution is -2.38. The number of rotatable bonds is 7. The molecule has 0 spiro atoms. The second kappa shape index (κ2) is 7.26. The number of carbonyl (C=O) groups excluding carboxylic acids is 1. The van der Waals surface area contributed by atoms with E-state index < -0.39 is 0 Å². The molecule has 0 aromatic carbocycles. The fourth-order valence-corrected chi connectivity index (χ4v) is 2.81. The monoisotopic (exact) mass is 292 g/mol. The molecule has 0 aliphatic rings. The highest BCUT2D eigenvalue weighted by Crippen LogP contribution is 2.18. The topological polar surface area (TPSA) is 59.5 Å². The zero-order valence-corrected chi connectivity index (χ0v) is 12.4. The van der Waals surface area contributed by atoms with E-state index in [0.29, 0.717) is 19.6 Å². The highest BCUT2D eigenvalue weighted by molar-refractivity contribution is 7.09. The average molecular weight is 292 g/mol. The van der Waals surface area contributed by atoms with E-state index in [1.54, 1.807) is 17.6 Å². The molecule has 0 saturated carbocycles. The van der Waals surface area contributed by atoms with Crippen molar-refractivity contribution in [2.75, 3.05) is 6.54 Å². The average Bonchev–Trinajstić information content (AvgIpc) is 3.12. The molecule has 20 heavy (non-hydrogen) atoms. The van der Waals surface area contributed by atoms with Gasteiger partial charge < -0.3 is 15.1 Å². The lowest BCUT2D eigenvalue weighted by Gasteiger charge is -2.25. The SMILES string of the molecule is CCC(CN)C(=O)N(Cc1ccco1)Cc1cccs1. The Balaban J connectivity index is 2.12. The quantitative estimate of drug-likeness (QED) is 0.853. The number of hydrogen-bond acceptors (Lipinski definition) is 4. The Morgan fingerprint density at radius 1 is 1.40 bits per heavy atom. The van der Waals surface area contributed by atoms with Gasteiger partial charge in [-0.25, -0.2) is 0 Å². The van der Waals surface area contributed by atoms with Crippen LogP contribution in [0, 0.1) is 5.92 Å². The number of thiophene rings is 1. The van der Waals surface area contributed by atoms with E-state index in [9.17, 15) is 4.79 Å². The Kier molecular flexibility index (Phi) is 5.38. The minimum atomic E-state index is -0.120. The van der Waals surface area contributed by atoms with Crippen LogP contribution in [0.5, 0.6) is 0 Å². The molecule has 1 atom stereocenters. The zero-order chi connectivity index (χ0) is 14.4. The molecule has 2 aromatic heterocycles. The van der Waals surface area contributed by atoms with E-state index in [1.165, 1.54) is 0 Å². The van der Waals surface area contributed by atoms with Crippen LogP contribution in [-0.4, -0.2) is 17.4 Å².